The molecule has 1 unspecified atom stereocenters. The number of carbonyl (C=O) groups is 3. The third-order valence-electron chi connectivity index (χ3n) is 5.99. The van der Waals surface area contributed by atoms with E-state index >= 15 is 0 Å². The summed E-state index contributed by atoms with van der Waals surface area (Å²) in [6.45, 7) is 2.39. The molecule has 1 aliphatic rings. The van der Waals surface area contributed by atoms with E-state index in [0.29, 0.717) is 25.2 Å². The van der Waals surface area contributed by atoms with Crippen molar-refractivity contribution in [2.45, 2.75) is 50.9 Å². The number of unbranched alkanes of at least 4 members (excludes halogenated alkanes) is 1. The Morgan fingerprint density at radius 3 is 2.63 bits per heavy atom. The molecule has 1 aliphatic heterocycles. The van der Waals surface area contributed by atoms with Crippen LogP contribution in [0.15, 0.2) is 36.4 Å². The molecule has 2 rings (SSSR count). The van der Waals surface area contributed by atoms with Crippen LogP contribution in [-0.4, -0.2) is 75.4 Å². The van der Waals surface area contributed by atoms with Crippen LogP contribution in [-0.2, 0) is 23.8 Å². The van der Waals surface area contributed by atoms with Crippen molar-refractivity contribution in [2.24, 2.45) is 0 Å². The van der Waals surface area contributed by atoms with Gasteiger partial charge >= 0.3 is 0 Å². The van der Waals surface area contributed by atoms with E-state index in [2.05, 4.69) is 17.2 Å². The number of rotatable bonds is 11. The molecule has 1 N–H and O–H groups in total. The van der Waals surface area contributed by atoms with Crippen molar-refractivity contribution < 1.29 is 28.6 Å². The topological polar surface area (TPSA) is 94.2 Å². The standard InChI is InChI=1S/C27H36N2O6/c1-27(26(32)28-2,23(30)20-35-24-13-9-11-19-34-24)29(3)25(31)22-16-14-21(15-17-22)12-8-6-5-7-10-18-33-4/h5-6,14-17,24H,7,9-11,13,18-20H2,1-4H3,(H,28,32)/b6-5+/t24?,27-/m1/s1. The smallest absolute Gasteiger partial charge is 0.254 e. The van der Waals surface area contributed by atoms with E-state index in [-0.39, 0.29) is 6.61 Å². The zero-order valence-corrected chi connectivity index (χ0v) is 21.1. The predicted octanol–water partition coefficient (Wildman–Crippen LogP) is 2.71. The van der Waals surface area contributed by atoms with Gasteiger partial charge in [-0.1, -0.05) is 17.9 Å². The number of nitrogens with zero attached hydrogens (tertiary/aromatic N) is 1. The molecule has 1 fully saturated rings. The van der Waals surface area contributed by atoms with Crippen LogP contribution in [0.5, 0.6) is 0 Å². The number of carbonyl (C=O) groups excluding carboxylic acids is 3. The van der Waals surface area contributed by atoms with Gasteiger partial charge in [0.05, 0.1) is 0 Å². The summed E-state index contributed by atoms with van der Waals surface area (Å²) in [5.41, 5.74) is -0.656. The van der Waals surface area contributed by atoms with E-state index in [9.17, 15) is 14.4 Å². The maximum atomic E-state index is 13.2. The summed E-state index contributed by atoms with van der Waals surface area (Å²) >= 11 is 0. The maximum absolute atomic E-state index is 13.2. The van der Waals surface area contributed by atoms with Crippen LogP contribution in [0, 0.1) is 11.8 Å². The van der Waals surface area contributed by atoms with Gasteiger partial charge in [0, 0.05) is 45.5 Å². The van der Waals surface area contributed by atoms with Crippen LogP contribution in [0.25, 0.3) is 0 Å². The number of benzene rings is 1. The average molecular weight is 485 g/mol. The van der Waals surface area contributed by atoms with Gasteiger partial charge in [0.15, 0.2) is 17.6 Å². The van der Waals surface area contributed by atoms with Gasteiger partial charge in [-0.05, 0) is 69.4 Å². The van der Waals surface area contributed by atoms with E-state index in [1.807, 2.05) is 6.08 Å². The molecule has 35 heavy (non-hydrogen) atoms. The Balaban J connectivity index is 2.07. The second-order valence-corrected chi connectivity index (χ2v) is 8.43. The van der Waals surface area contributed by atoms with Crippen LogP contribution in [0.4, 0.5) is 0 Å². The first-order valence-electron chi connectivity index (χ1n) is 11.9. The van der Waals surface area contributed by atoms with Gasteiger partial charge in [-0.15, -0.1) is 0 Å². The highest BCUT2D eigenvalue weighted by Gasteiger charge is 2.46. The Hall–Kier alpha value is -2.99. The van der Waals surface area contributed by atoms with Crippen LogP contribution in [0.1, 0.15) is 54.9 Å². The number of hydrogen-bond donors (Lipinski definition) is 1. The first-order valence-corrected chi connectivity index (χ1v) is 11.9. The number of hydrogen-bond acceptors (Lipinski definition) is 6. The molecule has 2 atom stereocenters. The predicted molar refractivity (Wildman–Crippen MR) is 133 cm³/mol. The van der Waals surface area contributed by atoms with Crippen molar-refractivity contribution in [3.05, 3.63) is 47.5 Å². The summed E-state index contributed by atoms with van der Waals surface area (Å²) in [6, 6.07) is 6.73. The van der Waals surface area contributed by atoms with E-state index in [1.165, 1.54) is 21.0 Å². The lowest BCUT2D eigenvalue weighted by Crippen LogP contribution is -2.62. The van der Waals surface area contributed by atoms with Crippen LogP contribution >= 0.6 is 0 Å². The molecule has 1 aromatic carbocycles. The molecule has 8 nitrogen and oxygen atoms in total. The summed E-state index contributed by atoms with van der Waals surface area (Å²) in [4.78, 5) is 40.2. The molecule has 0 spiro atoms. The zero-order valence-electron chi connectivity index (χ0n) is 21.1. The third-order valence-corrected chi connectivity index (χ3v) is 5.99. The lowest BCUT2D eigenvalue weighted by atomic mass is 9.92. The summed E-state index contributed by atoms with van der Waals surface area (Å²) in [6.07, 6.45) is 7.74. The van der Waals surface area contributed by atoms with Gasteiger partial charge in [-0.3, -0.25) is 14.4 Å². The highest BCUT2D eigenvalue weighted by molar-refractivity contribution is 6.14. The quantitative estimate of drug-likeness (QED) is 0.295. The SMILES string of the molecule is CNC(=O)[C@@](C)(C(=O)COC1CCCCO1)N(C)C(=O)c1ccc(C#C/C=C/CCCOC)cc1. The molecule has 190 valence electrons. The largest absolute Gasteiger partial charge is 0.385 e. The Kier molecular flexibility index (Phi) is 11.6. The number of amides is 2. The van der Waals surface area contributed by atoms with E-state index in [0.717, 1.165) is 36.1 Å². The molecule has 0 bridgehead atoms. The van der Waals surface area contributed by atoms with Crippen LogP contribution < -0.4 is 5.32 Å². The minimum Gasteiger partial charge on any atom is -0.385 e. The molecule has 0 saturated carbocycles. The van der Waals surface area contributed by atoms with E-state index in [1.54, 1.807) is 37.5 Å². The van der Waals surface area contributed by atoms with Crippen LogP contribution in [0.2, 0.25) is 0 Å². The fourth-order valence-corrected chi connectivity index (χ4v) is 3.57. The third kappa shape index (κ3) is 8.03. The average Bonchev–Trinajstić information content (AvgIpc) is 2.90. The first kappa shape index (κ1) is 28.2. The van der Waals surface area contributed by atoms with Gasteiger partial charge in [0.25, 0.3) is 11.8 Å². The van der Waals surface area contributed by atoms with Crippen molar-refractivity contribution >= 4 is 17.6 Å². The lowest BCUT2D eigenvalue weighted by molar-refractivity contribution is -0.174. The molecule has 0 aromatic heterocycles. The summed E-state index contributed by atoms with van der Waals surface area (Å²) in [5, 5.41) is 2.49. The Morgan fingerprint density at radius 1 is 1.26 bits per heavy atom. The second-order valence-electron chi connectivity index (χ2n) is 8.43. The number of methoxy groups -OCH3 is 1. The zero-order chi connectivity index (χ0) is 25.7. The number of allylic oxidation sites excluding steroid dienone is 2. The number of Topliss-reactive ketones (excluding diaryl/α,β-unsaturated/α-hetero) is 1. The minimum absolute atomic E-state index is 0.334. The first-order chi connectivity index (χ1) is 16.8. The Morgan fingerprint density at radius 2 is 2.00 bits per heavy atom. The molecule has 1 aromatic rings. The summed E-state index contributed by atoms with van der Waals surface area (Å²) in [5.74, 6) is 4.40. The van der Waals surface area contributed by atoms with Crippen molar-refractivity contribution in [3.63, 3.8) is 0 Å². The number of ketones is 1. The normalized spacial score (nSPS) is 17.2. The lowest BCUT2D eigenvalue weighted by Gasteiger charge is -2.36. The number of likely N-dealkylation sites (N-methyl/N-ethyl adjacent to an activating group) is 2. The number of nitrogens with one attached hydrogen (secondary N) is 1. The van der Waals surface area contributed by atoms with Crippen molar-refractivity contribution in [1.82, 2.24) is 10.2 Å². The maximum Gasteiger partial charge on any atom is 0.254 e. The van der Waals surface area contributed by atoms with Gasteiger partial charge in [-0.25, -0.2) is 0 Å². The van der Waals surface area contributed by atoms with Gasteiger partial charge in [0.1, 0.15) is 6.61 Å². The van der Waals surface area contributed by atoms with E-state index in [4.69, 9.17) is 14.2 Å². The molecular weight excluding hydrogens is 448 g/mol. The highest BCUT2D eigenvalue weighted by atomic mass is 16.7. The van der Waals surface area contributed by atoms with Crippen LogP contribution in [0.3, 0.4) is 0 Å². The second kappa shape index (κ2) is 14.4. The van der Waals surface area contributed by atoms with E-state index < -0.39 is 29.4 Å². The van der Waals surface area contributed by atoms with Crippen molar-refractivity contribution in [2.75, 3.05) is 41.0 Å². The monoisotopic (exact) mass is 484 g/mol. The Bertz CT molecular complexity index is 941. The van der Waals surface area contributed by atoms with Gasteiger partial charge in [0.2, 0.25) is 0 Å². The van der Waals surface area contributed by atoms with Crippen molar-refractivity contribution in [3.8, 4) is 11.8 Å². The molecule has 1 saturated heterocycles. The summed E-state index contributed by atoms with van der Waals surface area (Å²) in [7, 11) is 4.54. The number of ether oxygens (including phenoxy) is 3. The molecule has 2 amide bonds. The molecular formula is C27H36N2O6. The molecule has 1 heterocycles. The minimum atomic E-state index is -1.74. The van der Waals surface area contributed by atoms with Gasteiger partial charge in [-0.2, -0.15) is 0 Å². The fraction of sp³-hybridized carbons (Fsp3) is 0.519. The molecule has 8 heteroatoms. The summed E-state index contributed by atoms with van der Waals surface area (Å²) < 4.78 is 16.1. The fourth-order valence-electron chi connectivity index (χ4n) is 3.57. The van der Waals surface area contributed by atoms with Gasteiger partial charge < -0.3 is 24.4 Å². The Labute approximate surface area is 208 Å². The molecule has 0 radical (unpaired) electrons. The highest BCUT2D eigenvalue weighted by Crippen LogP contribution is 2.21. The van der Waals surface area contributed by atoms with Crippen molar-refractivity contribution in [1.29, 1.82) is 0 Å². The molecule has 0 aliphatic carbocycles.